The maximum atomic E-state index is 11.4. The van der Waals surface area contributed by atoms with Crippen LogP contribution in [0.3, 0.4) is 0 Å². The Hall–Kier alpha value is -1.32. The quantitative estimate of drug-likeness (QED) is 0.714. The van der Waals surface area contributed by atoms with Crippen molar-refractivity contribution in [3.63, 3.8) is 0 Å². The summed E-state index contributed by atoms with van der Waals surface area (Å²) in [5, 5.41) is 1.03. The Morgan fingerprint density at radius 1 is 1.60 bits per heavy atom. The summed E-state index contributed by atoms with van der Waals surface area (Å²) < 4.78 is 0. The Bertz CT molecular complexity index is 270. The van der Waals surface area contributed by atoms with Gasteiger partial charge in [-0.1, -0.05) is 26.8 Å². The summed E-state index contributed by atoms with van der Waals surface area (Å²) in [5.74, 6) is -0.262. The lowest BCUT2D eigenvalue weighted by atomic mass is 10.1. The number of amides is 1. The highest BCUT2D eigenvalue weighted by Gasteiger charge is 2.28. The van der Waals surface area contributed by atoms with Crippen molar-refractivity contribution >= 4 is 11.9 Å². The van der Waals surface area contributed by atoms with E-state index in [4.69, 9.17) is 4.84 Å². The minimum Gasteiger partial charge on any atom is -0.334 e. The molecule has 15 heavy (non-hydrogen) atoms. The van der Waals surface area contributed by atoms with Gasteiger partial charge in [-0.25, -0.2) is 4.79 Å². The molecule has 1 atom stereocenters. The molecular formula is C11H17NO3. The molecule has 0 aliphatic carbocycles. The van der Waals surface area contributed by atoms with Gasteiger partial charge in [0, 0.05) is 6.42 Å². The summed E-state index contributed by atoms with van der Waals surface area (Å²) in [4.78, 5) is 27.6. The molecule has 1 aliphatic rings. The molecule has 0 radical (unpaired) electrons. The highest BCUT2D eigenvalue weighted by Crippen LogP contribution is 2.21. The first-order valence-corrected chi connectivity index (χ1v) is 5.26. The molecule has 4 heteroatoms. The monoisotopic (exact) mass is 211 g/mol. The van der Waals surface area contributed by atoms with Crippen LogP contribution in [0.25, 0.3) is 0 Å². The van der Waals surface area contributed by atoms with E-state index in [2.05, 4.69) is 6.58 Å². The zero-order chi connectivity index (χ0) is 11.4. The van der Waals surface area contributed by atoms with Crippen molar-refractivity contribution in [1.29, 1.82) is 0 Å². The van der Waals surface area contributed by atoms with Crippen LogP contribution in [0, 0.1) is 5.92 Å². The average molecular weight is 211 g/mol. The minimum absolute atomic E-state index is 0.183. The third-order valence-electron chi connectivity index (χ3n) is 2.55. The number of carbonyl (C=O) groups is 2. The van der Waals surface area contributed by atoms with E-state index in [0.29, 0.717) is 25.0 Å². The molecule has 0 saturated carbocycles. The summed E-state index contributed by atoms with van der Waals surface area (Å²) >= 11 is 0. The fourth-order valence-corrected chi connectivity index (χ4v) is 1.31. The normalized spacial score (nSPS) is 18.1. The number of allylic oxidation sites excluding steroid dienone is 1. The molecule has 1 saturated heterocycles. The number of carbonyl (C=O) groups excluding carboxylic acids is 2. The largest absolute Gasteiger partial charge is 0.334 e. The molecule has 0 bridgehead atoms. The molecule has 1 amide bonds. The second kappa shape index (κ2) is 4.96. The van der Waals surface area contributed by atoms with Gasteiger partial charge in [-0.2, -0.15) is 0 Å². The molecule has 1 fully saturated rings. The van der Waals surface area contributed by atoms with E-state index < -0.39 is 0 Å². The Labute approximate surface area is 89.8 Å². The molecule has 0 spiro atoms. The van der Waals surface area contributed by atoms with E-state index in [1.54, 1.807) is 0 Å². The summed E-state index contributed by atoms with van der Waals surface area (Å²) in [6.07, 6.45) is 2.22. The minimum atomic E-state index is -0.360. The van der Waals surface area contributed by atoms with Crippen molar-refractivity contribution in [3.05, 3.63) is 12.3 Å². The summed E-state index contributed by atoms with van der Waals surface area (Å²) in [7, 11) is 0. The summed E-state index contributed by atoms with van der Waals surface area (Å²) in [6, 6.07) is 0. The van der Waals surface area contributed by atoms with Crippen LogP contribution in [0.1, 0.15) is 39.5 Å². The highest BCUT2D eigenvalue weighted by molar-refractivity contribution is 5.82. The predicted molar refractivity (Wildman–Crippen MR) is 55.4 cm³/mol. The lowest BCUT2D eigenvalue weighted by Gasteiger charge is -2.16. The average Bonchev–Trinajstić information content (AvgIpc) is 2.49. The van der Waals surface area contributed by atoms with Crippen molar-refractivity contribution in [2.75, 3.05) is 0 Å². The van der Waals surface area contributed by atoms with Crippen LogP contribution < -0.4 is 0 Å². The lowest BCUT2D eigenvalue weighted by Crippen LogP contribution is -2.27. The van der Waals surface area contributed by atoms with Crippen LogP contribution in [0.5, 0.6) is 0 Å². The van der Waals surface area contributed by atoms with Gasteiger partial charge in [0.2, 0.25) is 0 Å². The molecule has 1 aliphatic heterocycles. The second-order valence-corrected chi connectivity index (χ2v) is 3.94. The van der Waals surface area contributed by atoms with Gasteiger partial charge in [0.15, 0.2) is 0 Å². The van der Waals surface area contributed by atoms with Gasteiger partial charge in [-0.15, -0.1) is 5.06 Å². The van der Waals surface area contributed by atoms with Crippen molar-refractivity contribution in [2.24, 2.45) is 5.92 Å². The van der Waals surface area contributed by atoms with E-state index in [9.17, 15) is 9.59 Å². The summed E-state index contributed by atoms with van der Waals surface area (Å²) in [5.41, 5.74) is 0.567. The Kier molecular flexibility index (Phi) is 3.88. The van der Waals surface area contributed by atoms with Gasteiger partial charge in [0.1, 0.15) is 0 Å². The van der Waals surface area contributed by atoms with Crippen LogP contribution in [0.2, 0.25) is 0 Å². The SMILES string of the molecule is C=C1CCC(=O)N1OC(=O)CC(C)CC. The first-order chi connectivity index (χ1) is 7.04. The third-order valence-corrected chi connectivity index (χ3v) is 2.55. The van der Waals surface area contributed by atoms with Crippen molar-refractivity contribution in [3.8, 4) is 0 Å². The van der Waals surface area contributed by atoms with Crippen molar-refractivity contribution in [1.82, 2.24) is 5.06 Å². The van der Waals surface area contributed by atoms with Crippen molar-refractivity contribution < 1.29 is 14.4 Å². The summed E-state index contributed by atoms with van der Waals surface area (Å²) in [6.45, 7) is 7.65. The molecule has 84 valence electrons. The zero-order valence-corrected chi connectivity index (χ0v) is 9.28. The molecule has 1 unspecified atom stereocenters. The number of hydrogen-bond donors (Lipinski definition) is 0. The topological polar surface area (TPSA) is 46.6 Å². The fraction of sp³-hybridized carbons (Fsp3) is 0.636. The van der Waals surface area contributed by atoms with E-state index in [1.165, 1.54) is 0 Å². The number of nitrogens with zero attached hydrogens (tertiary/aromatic N) is 1. The number of hydrogen-bond acceptors (Lipinski definition) is 3. The van der Waals surface area contributed by atoms with Crippen LogP contribution in [0.15, 0.2) is 12.3 Å². The first kappa shape index (κ1) is 11.8. The van der Waals surface area contributed by atoms with Gasteiger partial charge in [-0.05, 0) is 12.3 Å². The fourth-order valence-electron chi connectivity index (χ4n) is 1.31. The molecule has 0 aromatic rings. The molecule has 0 aromatic carbocycles. The Morgan fingerprint density at radius 2 is 2.27 bits per heavy atom. The smallest absolute Gasteiger partial charge is 0.333 e. The molecule has 0 N–H and O–H groups in total. The standard InChI is InChI=1S/C11H17NO3/c1-4-8(2)7-11(14)15-12-9(3)5-6-10(12)13/h8H,3-7H2,1-2H3. The number of rotatable bonds is 4. The van der Waals surface area contributed by atoms with E-state index in [0.717, 1.165) is 11.5 Å². The highest BCUT2D eigenvalue weighted by atomic mass is 16.7. The van der Waals surface area contributed by atoms with Crippen LogP contribution in [0.4, 0.5) is 0 Å². The third kappa shape index (κ3) is 3.08. The van der Waals surface area contributed by atoms with Crippen molar-refractivity contribution in [2.45, 2.75) is 39.5 Å². The molecule has 1 rings (SSSR count). The van der Waals surface area contributed by atoms with Gasteiger partial charge in [0.25, 0.3) is 5.91 Å². The second-order valence-electron chi connectivity index (χ2n) is 3.94. The molecule has 4 nitrogen and oxygen atoms in total. The zero-order valence-electron chi connectivity index (χ0n) is 9.28. The molecule has 0 aromatic heterocycles. The lowest BCUT2D eigenvalue weighted by molar-refractivity contribution is -0.187. The van der Waals surface area contributed by atoms with Crippen LogP contribution >= 0.6 is 0 Å². The maximum absolute atomic E-state index is 11.4. The van der Waals surface area contributed by atoms with Crippen LogP contribution in [-0.2, 0) is 14.4 Å². The first-order valence-electron chi connectivity index (χ1n) is 5.26. The van der Waals surface area contributed by atoms with Gasteiger partial charge >= 0.3 is 5.97 Å². The predicted octanol–water partition coefficient (Wildman–Crippen LogP) is 2.02. The van der Waals surface area contributed by atoms with E-state index in [-0.39, 0.29) is 17.8 Å². The van der Waals surface area contributed by atoms with Gasteiger partial charge < -0.3 is 4.84 Å². The van der Waals surface area contributed by atoms with E-state index >= 15 is 0 Å². The number of hydroxylamine groups is 2. The Balaban J connectivity index is 2.44. The molecule has 1 heterocycles. The molecular weight excluding hydrogens is 194 g/mol. The Morgan fingerprint density at radius 3 is 2.73 bits per heavy atom. The maximum Gasteiger partial charge on any atom is 0.333 e. The van der Waals surface area contributed by atoms with E-state index in [1.807, 2.05) is 13.8 Å². The van der Waals surface area contributed by atoms with Crippen LogP contribution in [-0.4, -0.2) is 16.9 Å². The van der Waals surface area contributed by atoms with Gasteiger partial charge in [-0.3, -0.25) is 4.79 Å². The van der Waals surface area contributed by atoms with Gasteiger partial charge in [0.05, 0.1) is 12.1 Å².